The number of aliphatic hydroxyl groups is 1. The Kier molecular flexibility index (Phi) is 5.90. The third kappa shape index (κ3) is 3.88. The number of hydrogen-bond donors (Lipinski definition) is 1. The van der Waals surface area contributed by atoms with Gasteiger partial charge in [-0.05, 0) is 73.9 Å². The first-order valence-electron chi connectivity index (χ1n) is 11.8. The number of likely N-dealkylation sites (tertiary alicyclic amines) is 1. The van der Waals surface area contributed by atoms with Gasteiger partial charge in [0.1, 0.15) is 11.6 Å². The number of aliphatic hydroxyl groups excluding tert-OH is 1. The lowest BCUT2D eigenvalue weighted by Gasteiger charge is -2.53. The summed E-state index contributed by atoms with van der Waals surface area (Å²) in [6.45, 7) is 2.39. The molecule has 2 aliphatic rings. The van der Waals surface area contributed by atoms with Crippen molar-refractivity contribution >= 4 is 5.91 Å². The molecule has 1 amide bonds. The monoisotopic (exact) mass is 463 g/mol. The third-order valence-corrected chi connectivity index (χ3v) is 7.51. The second-order valence-corrected chi connectivity index (χ2v) is 9.59. The maximum Gasteiger partial charge on any atom is 0.229 e. The van der Waals surface area contributed by atoms with Crippen molar-refractivity contribution in [3.8, 4) is 11.4 Å². The molecule has 1 spiro atoms. The van der Waals surface area contributed by atoms with Crippen LogP contribution >= 0.6 is 0 Å². The molecule has 3 aromatic rings. The fourth-order valence-electron chi connectivity index (χ4n) is 5.68. The summed E-state index contributed by atoms with van der Waals surface area (Å²) in [4.78, 5) is 19.7. The van der Waals surface area contributed by atoms with E-state index < -0.39 is 6.04 Å². The minimum atomic E-state index is -0.442. The summed E-state index contributed by atoms with van der Waals surface area (Å²) in [5.41, 5.74) is 3.43. The van der Waals surface area contributed by atoms with Gasteiger partial charge in [0, 0.05) is 12.7 Å². The van der Waals surface area contributed by atoms with Crippen LogP contribution in [0.15, 0.2) is 55.0 Å². The highest BCUT2D eigenvalue weighted by atomic mass is 19.1. The molecular weight excluding hydrogens is 433 g/mol. The molecule has 2 aromatic carbocycles. The summed E-state index contributed by atoms with van der Waals surface area (Å²) in [5, 5.41) is 10.1. The Labute approximate surface area is 199 Å². The molecule has 5 rings (SSSR count). The van der Waals surface area contributed by atoms with Gasteiger partial charge >= 0.3 is 0 Å². The highest BCUT2D eigenvalue weighted by Crippen LogP contribution is 2.57. The van der Waals surface area contributed by atoms with E-state index >= 15 is 0 Å². The van der Waals surface area contributed by atoms with E-state index in [0.29, 0.717) is 6.54 Å². The summed E-state index contributed by atoms with van der Waals surface area (Å²) in [6, 6.07) is 11.9. The lowest BCUT2D eigenvalue weighted by Crippen LogP contribution is -2.55. The summed E-state index contributed by atoms with van der Waals surface area (Å²) in [6.07, 6.45) is 7.08. The molecule has 0 bridgehead atoms. The first-order chi connectivity index (χ1) is 16.4. The highest BCUT2D eigenvalue weighted by molar-refractivity contribution is 5.85. The van der Waals surface area contributed by atoms with Crippen molar-refractivity contribution in [2.45, 2.75) is 44.6 Å². The van der Waals surface area contributed by atoms with Crippen LogP contribution in [-0.4, -0.2) is 45.7 Å². The highest BCUT2D eigenvalue weighted by Gasteiger charge is 2.54. The fraction of sp³-hybridized carbons (Fsp3) is 0.407. The molecular formula is C27H30FN3O3. The average Bonchev–Trinajstić information content (AvgIpc) is 3.26. The number of carbonyl (C=O) groups is 1. The van der Waals surface area contributed by atoms with E-state index in [0.717, 1.165) is 48.4 Å². The average molecular weight is 464 g/mol. The summed E-state index contributed by atoms with van der Waals surface area (Å²) in [7, 11) is 1.67. The van der Waals surface area contributed by atoms with Gasteiger partial charge in [-0.25, -0.2) is 9.37 Å². The molecule has 2 fully saturated rings. The fourth-order valence-corrected chi connectivity index (χ4v) is 5.68. The number of hydrogen-bond acceptors (Lipinski definition) is 4. The quantitative estimate of drug-likeness (QED) is 0.583. The van der Waals surface area contributed by atoms with Crippen LogP contribution in [0.4, 0.5) is 4.39 Å². The maximum absolute atomic E-state index is 13.6. The number of rotatable bonds is 6. The maximum atomic E-state index is 13.6. The third-order valence-electron chi connectivity index (χ3n) is 7.51. The molecule has 1 unspecified atom stereocenters. The molecule has 1 saturated carbocycles. The van der Waals surface area contributed by atoms with Crippen molar-refractivity contribution in [1.82, 2.24) is 14.5 Å². The number of benzene rings is 2. The second kappa shape index (κ2) is 8.87. The van der Waals surface area contributed by atoms with E-state index in [1.807, 2.05) is 23.8 Å². The van der Waals surface area contributed by atoms with Gasteiger partial charge < -0.3 is 19.3 Å². The first-order valence-corrected chi connectivity index (χ1v) is 11.8. The number of methoxy groups -OCH3 is 1. The van der Waals surface area contributed by atoms with Crippen molar-refractivity contribution in [2.75, 3.05) is 20.3 Å². The van der Waals surface area contributed by atoms with E-state index in [4.69, 9.17) is 4.74 Å². The Morgan fingerprint density at radius 2 is 2.00 bits per heavy atom. The van der Waals surface area contributed by atoms with Crippen molar-refractivity contribution in [2.24, 2.45) is 5.41 Å². The first kappa shape index (κ1) is 22.6. The largest absolute Gasteiger partial charge is 0.495 e. The molecule has 178 valence electrons. The zero-order chi connectivity index (χ0) is 23.9. The minimum absolute atomic E-state index is 0.107. The van der Waals surface area contributed by atoms with Crippen molar-refractivity contribution in [3.05, 3.63) is 77.6 Å². The van der Waals surface area contributed by atoms with Crippen LogP contribution in [0.3, 0.4) is 0 Å². The van der Waals surface area contributed by atoms with E-state index in [1.165, 1.54) is 17.7 Å². The van der Waals surface area contributed by atoms with Gasteiger partial charge in [0.2, 0.25) is 5.91 Å². The number of amides is 1. The number of piperidine rings is 1. The van der Waals surface area contributed by atoms with E-state index in [9.17, 15) is 14.3 Å². The van der Waals surface area contributed by atoms with Crippen LogP contribution in [-0.2, 0) is 4.79 Å². The lowest BCUT2D eigenvalue weighted by molar-refractivity contribution is -0.158. The molecule has 34 heavy (non-hydrogen) atoms. The number of aromatic nitrogens is 2. The SMILES string of the molecule is COc1cc(C2CC3(CCCN(C(CO)c4ccc(F)cc4)C3=O)C2)ccc1-n1cnc(C)c1. The number of halogens is 1. The van der Waals surface area contributed by atoms with Gasteiger partial charge in [0.05, 0.1) is 42.9 Å². The zero-order valence-corrected chi connectivity index (χ0v) is 19.6. The van der Waals surface area contributed by atoms with Crippen LogP contribution in [0.1, 0.15) is 54.5 Å². The number of aryl methyl sites for hydroxylation is 1. The van der Waals surface area contributed by atoms with Gasteiger partial charge in [-0.1, -0.05) is 18.2 Å². The van der Waals surface area contributed by atoms with E-state index in [1.54, 1.807) is 30.5 Å². The molecule has 1 aliphatic heterocycles. The Bertz CT molecular complexity index is 1180. The van der Waals surface area contributed by atoms with Gasteiger partial charge in [0.25, 0.3) is 0 Å². The Balaban J connectivity index is 1.33. The summed E-state index contributed by atoms with van der Waals surface area (Å²) in [5.74, 6) is 0.850. The zero-order valence-electron chi connectivity index (χ0n) is 19.6. The van der Waals surface area contributed by atoms with Crippen LogP contribution in [0, 0.1) is 18.2 Å². The standard InChI is InChI=1S/C27H30FN3O3/c1-18-15-30(17-29-18)23-9-6-20(12-25(23)34-2)21-13-27(14-21)10-3-11-31(26(27)33)24(16-32)19-4-7-22(28)8-5-19/h4-9,12,15,17,21,24,32H,3,10-11,13-14,16H2,1-2H3. The lowest BCUT2D eigenvalue weighted by atomic mass is 9.56. The predicted molar refractivity (Wildman–Crippen MR) is 126 cm³/mol. The van der Waals surface area contributed by atoms with Crippen LogP contribution in [0.25, 0.3) is 5.69 Å². The molecule has 1 aromatic heterocycles. The Morgan fingerprint density at radius 1 is 1.24 bits per heavy atom. The molecule has 1 N–H and O–H groups in total. The number of carbonyl (C=O) groups excluding carboxylic acids is 1. The van der Waals surface area contributed by atoms with Crippen molar-refractivity contribution in [3.63, 3.8) is 0 Å². The van der Waals surface area contributed by atoms with E-state index in [-0.39, 0.29) is 29.7 Å². The molecule has 1 aliphatic carbocycles. The molecule has 2 heterocycles. The smallest absolute Gasteiger partial charge is 0.229 e. The topological polar surface area (TPSA) is 67.6 Å². The number of ether oxygens (including phenoxy) is 1. The predicted octanol–water partition coefficient (Wildman–Crippen LogP) is 4.55. The molecule has 1 atom stereocenters. The Hall–Kier alpha value is -3.19. The van der Waals surface area contributed by atoms with Crippen molar-refractivity contribution < 1.29 is 19.0 Å². The van der Waals surface area contributed by atoms with Crippen LogP contribution in [0.2, 0.25) is 0 Å². The number of imidazole rings is 1. The second-order valence-electron chi connectivity index (χ2n) is 9.59. The van der Waals surface area contributed by atoms with Gasteiger partial charge in [-0.15, -0.1) is 0 Å². The van der Waals surface area contributed by atoms with Crippen LogP contribution < -0.4 is 4.74 Å². The number of nitrogens with zero attached hydrogens (tertiary/aromatic N) is 3. The van der Waals surface area contributed by atoms with E-state index in [2.05, 4.69) is 17.1 Å². The minimum Gasteiger partial charge on any atom is -0.495 e. The van der Waals surface area contributed by atoms with Crippen molar-refractivity contribution in [1.29, 1.82) is 0 Å². The van der Waals surface area contributed by atoms with Crippen LogP contribution in [0.5, 0.6) is 5.75 Å². The molecule has 6 nitrogen and oxygen atoms in total. The van der Waals surface area contributed by atoms with Gasteiger partial charge in [0.15, 0.2) is 0 Å². The molecule has 1 saturated heterocycles. The molecule has 0 radical (unpaired) electrons. The van der Waals surface area contributed by atoms with Gasteiger partial charge in [-0.2, -0.15) is 0 Å². The Morgan fingerprint density at radius 3 is 2.65 bits per heavy atom. The molecule has 7 heteroatoms. The summed E-state index contributed by atoms with van der Waals surface area (Å²) >= 11 is 0. The summed E-state index contributed by atoms with van der Waals surface area (Å²) < 4.78 is 21.0. The normalized spacial score (nSPS) is 23.1. The van der Waals surface area contributed by atoms with Gasteiger partial charge in [-0.3, -0.25) is 4.79 Å².